The normalized spacial score (nSPS) is 19.0. The summed E-state index contributed by atoms with van der Waals surface area (Å²) in [5.74, 6) is 1.15. The van der Waals surface area contributed by atoms with Crippen LogP contribution in [-0.2, 0) is 16.1 Å². The second-order valence-electron chi connectivity index (χ2n) is 9.40. The van der Waals surface area contributed by atoms with E-state index in [1.54, 1.807) is 14.0 Å². The molecule has 2 aromatic rings. The number of nitrogens with one attached hydrogen (secondary N) is 1. The fourth-order valence-electron chi connectivity index (χ4n) is 5.23. The van der Waals surface area contributed by atoms with Crippen molar-refractivity contribution in [1.82, 2.24) is 15.1 Å². The van der Waals surface area contributed by atoms with Crippen molar-refractivity contribution >= 4 is 11.8 Å². The van der Waals surface area contributed by atoms with Gasteiger partial charge in [0.2, 0.25) is 11.8 Å². The maximum Gasteiger partial charge on any atom is 0.229 e. The highest BCUT2D eigenvalue weighted by Crippen LogP contribution is 2.42. The van der Waals surface area contributed by atoms with Crippen LogP contribution in [0.4, 0.5) is 0 Å². The molecule has 2 saturated heterocycles. The number of rotatable bonds is 8. The molecule has 1 atom stereocenters. The van der Waals surface area contributed by atoms with Gasteiger partial charge >= 0.3 is 0 Å². The van der Waals surface area contributed by atoms with Crippen molar-refractivity contribution in [3.8, 4) is 5.75 Å². The van der Waals surface area contributed by atoms with E-state index < -0.39 is 0 Å². The van der Waals surface area contributed by atoms with Crippen LogP contribution in [0.1, 0.15) is 49.8 Å². The van der Waals surface area contributed by atoms with E-state index in [4.69, 9.17) is 4.74 Å². The van der Waals surface area contributed by atoms with Gasteiger partial charge in [-0.1, -0.05) is 42.5 Å². The highest BCUT2D eigenvalue weighted by molar-refractivity contribution is 5.85. The predicted octanol–water partition coefficient (Wildman–Crippen LogP) is 3.78. The fourth-order valence-corrected chi connectivity index (χ4v) is 5.23. The van der Waals surface area contributed by atoms with Crippen molar-refractivity contribution in [2.45, 2.75) is 45.2 Å². The van der Waals surface area contributed by atoms with Gasteiger partial charge < -0.3 is 19.9 Å². The predicted molar refractivity (Wildman–Crippen MR) is 129 cm³/mol. The molecule has 1 unspecified atom stereocenters. The minimum absolute atomic E-state index is 0.00467. The highest BCUT2D eigenvalue weighted by atomic mass is 16.5. The van der Waals surface area contributed by atoms with Crippen molar-refractivity contribution in [1.29, 1.82) is 0 Å². The van der Waals surface area contributed by atoms with Gasteiger partial charge in [0.25, 0.3) is 0 Å². The first-order chi connectivity index (χ1) is 16.0. The molecule has 2 aromatic carbocycles. The Morgan fingerprint density at radius 3 is 2.33 bits per heavy atom. The summed E-state index contributed by atoms with van der Waals surface area (Å²) in [7, 11) is 1.66. The van der Waals surface area contributed by atoms with Gasteiger partial charge in [0.1, 0.15) is 5.75 Å². The molecule has 0 aliphatic carbocycles. The Kier molecular flexibility index (Phi) is 7.33. The van der Waals surface area contributed by atoms with Gasteiger partial charge in [0.05, 0.1) is 18.6 Å². The molecule has 2 amide bonds. The average molecular weight is 450 g/mol. The van der Waals surface area contributed by atoms with Crippen molar-refractivity contribution in [2.24, 2.45) is 5.41 Å². The molecule has 33 heavy (non-hydrogen) atoms. The summed E-state index contributed by atoms with van der Waals surface area (Å²) in [4.78, 5) is 29.5. The van der Waals surface area contributed by atoms with Crippen LogP contribution in [0.3, 0.4) is 0 Å². The van der Waals surface area contributed by atoms with Gasteiger partial charge in [-0.05, 0) is 62.0 Å². The minimum atomic E-state index is -0.195. The summed E-state index contributed by atoms with van der Waals surface area (Å²) in [6.07, 6.45) is 3.66. The molecule has 176 valence electrons. The number of nitrogens with zero attached hydrogens (tertiary/aromatic N) is 2. The number of methoxy groups -OCH3 is 1. The number of carbonyl (C=O) groups is 2. The van der Waals surface area contributed by atoms with Crippen LogP contribution < -0.4 is 10.1 Å². The van der Waals surface area contributed by atoms with Crippen LogP contribution in [0, 0.1) is 5.41 Å². The molecular weight excluding hydrogens is 414 g/mol. The second-order valence-corrected chi connectivity index (χ2v) is 9.40. The highest BCUT2D eigenvalue weighted by Gasteiger charge is 2.47. The zero-order valence-corrected chi connectivity index (χ0v) is 19.8. The lowest BCUT2D eigenvalue weighted by molar-refractivity contribution is -0.139. The molecule has 1 N–H and O–H groups in total. The molecule has 6 heteroatoms. The maximum atomic E-state index is 13.3. The first kappa shape index (κ1) is 23.3. The second kappa shape index (κ2) is 10.4. The smallest absolute Gasteiger partial charge is 0.229 e. The van der Waals surface area contributed by atoms with E-state index in [-0.39, 0.29) is 17.4 Å². The Morgan fingerprint density at radius 1 is 1.03 bits per heavy atom. The monoisotopic (exact) mass is 449 g/mol. The fraction of sp³-hybridized carbons (Fsp3) is 0.481. The largest absolute Gasteiger partial charge is 0.497 e. The number of amides is 2. The molecule has 6 nitrogen and oxygen atoms in total. The molecule has 2 aliphatic rings. The zero-order valence-electron chi connectivity index (χ0n) is 19.8. The topological polar surface area (TPSA) is 61.9 Å². The molecule has 1 spiro atoms. The third-order valence-corrected chi connectivity index (χ3v) is 7.26. The van der Waals surface area contributed by atoms with Gasteiger partial charge in [-0.2, -0.15) is 0 Å². The Balaban J connectivity index is 1.29. The number of ether oxygens (including phenoxy) is 1. The molecule has 2 heterocycles. The number of piperidine rings is 1. The number of hydrogen-bond donors (Lipinski definition) is 1. The summed E-state index contributed by atoms with van der Waals surface area (Å²) in [6.45, 7) is 5.87. The zero-order chi connectivity index (χ0) is 23.3. The van der Waals surface area contributed by atoms with Gasteiger partial charge in [-0.25, -0.2) is 0 Å². The van der Waals surface area contributed by atoms with Crippen LogP contribution in [0.25, 0.3) is 0 Å². The average Bonchev–Trinajstić information content (AvgIpc) is 3.13. The first-order valence-electron chi connectivity index (χ1n) is 12.0. The SMILES string of the molecule is COc1ccc(CN2CCC3(CCN(CCC(NC(C)=O)c4ccccc4)CC3)C2=O)cc1. The standard InChI is InChI=1S/C27H35N3O3/c1-21(31)28-25(23-6-4-3-5-7-23)12-16-29-17-13-27(14-18-29)15-19-30(26(27)32)20-22-8-10-24(33-2)11-9-22/h3-11,25H,12-20H2,1-2H3,(H,28,31). The maximum absolute atomic E-state index is 13.3. The van der Waals surface area contributed by atoms with Gasteiger partial charge in [-0.15, -0.1) is 0 Å². The van der Waals surface area contributed by atoms with Crippen LogP contribution in [0.15, 0.2) is 54.6 Å². The molecule has 0 bridgehead atoms. The van der Waals surface area contributed by atoms with E-state index in [0.29, 0.717) is 12.5 Å². The minimum Gasteiger partial charge on any atom is -0.497 e. The van der Waals surface area contributed by atoms with E-state index in [1.807, 2.05) is 47.4 Å². The summed E-state index contributed by atoms with van der Waals surface area (Å²) < 4.78 is 5.23. The van der Waals surface area contributed by atoms with Crippen molar-refractivity contribution in [2.75, 3.05) is 33.3 Å². The number of benzene rings is 2. The molecule has 0 saturated carbocycles. The van der Waals surface area contributed by atoms with Crippen molar-refractivity contribution in [3.05, 3.63) is 65.7 Å². The summed E-state index contributed by atoms with van der Waals surface area (Å²) >= 11 is 0. The Hall–Kier alpha value is -2.86. The van der Waals surface area contributed by atoms with Gasteiger partial charge in [0.15, 0.2) is 0 Å². The summed E-state index contributed by atoms with van der Waals surface area (Å²) in [6, 6.07) is 18.2. The molecule has 0 radical (unpaired) electrons. The molecule has 2 fully saturated rings. The molecule has 4 rings (SSSR count). The van der Waals surface area contributed by atoms with Crippen molar-refractivity contribution < 1.29 is 14.3 Å². The summed E-state index contributed by atoms with van der Waals surface area (Å²) in [5.41, 5.74) is 2.09. The molecular formula is C27H35N3O3. The third-order valence-electron chi connectivity index (χ3n) is 7.26. The van der Waals surface area contributed by atoms with Crippen LogP contribution in [0.2, 0.25) is 0 Å². The van der Waals surface area contributed by atoms with Gasteiger partial charge in [0, 0.05) is 26.6 Å². The van der Waals surface area contributed by atoms with E-state index in [9.17, 15) is 9.59 Å². The first-order valence-corrected chi connectivity index (χ1v) is 12.0. The lowest BCUT2D eigenvalue weighted by Gasteiger charge is -2.38. The van der Waals surface area contributed by atoms with Gasteiger partial charge in [-0.3, -0.25) is 9.59 Å². The summed E-state index contributed by atoms with van der Waals surface area (Å²) in [5, 5.41) is 3.09. The molecule has 0 aromatic heterocycles. The number of hydrogen-bond acceptors (Lipinski definition) is 4. The van der Waals surface area contributed by atoms with E-state index >= 15 is 0 Å². The quantitative estimate of drug-likeness (QED) is 0.666. The molecule has 2 aliphatic heterocycles. The third kappa shape index (κ3) is 5.56. The van der Waals surface area contributed by atoms with E-state index in [1.165, 1.54) is 0 Å². The van der Waals surface area contributed by atoms with Crippen LogP contribution >= 0.6 is 0 Å². The number of likely N-dealkylation sites (tertiary alicyclic amines) is 2. The lowest BCUT2D eigenvalue weighted by atomic mass is 9.77. The van der Waals surface area contributed by atoms with E-state index in [2.05, 4.69) is 22.3 Å². The lowest BCUT2D eigenvalue weighted by Crippen LogP contribution is -2.45. The Bertz CT molecular complexity index is 937. The van der Waals surface area contributed by atoms with E-state index in [0.717, 1.165) is 68.7 Å². The van der Waals surface area contributed by atoms with Crippen molar-refractivity contribution in [3.63, 3.8) is 0 Å². The van der Waals surface area contributed by atoms with Crippen LogP contribution in [0.5, 0.6) is 5.75 Å². The number of carbonyl (C=O) groups excluding carboxylic acids is 2. The Morgan fingerprint density at radius 2 is 1.70 bits per heavy atom. The van der Waals surface area contributed by atoms with Crippen LogP contribution in [-0.4, -0.2) is 54.9 Å². The Labute approximate surface area is 196 Å².